The van der Waals surface area contributed by atoms with E-state index in [1.807, 2.05) is 0 Å². The summed E-state index contributed by atoms with van der Waals surface area (Å²) in [6.07, 6.45) is -4.64. The zero-order valence-electron chi connectivity index (χ0n) is 16.6. The standard InChI is InChI=1S/C20H19ClF3N3O4/c1-11(19(29)26-13-4-6-16-17(8-13)31-10-30-16)27(2)9-18(28)25-12-3-5-15(21)14(7-12)20(22,23)24/h3-8,11H,9-10H2,1-2H3,(H,25,28)(H,26,29)/p+1/t11-/m0/s1. The number of halogens is 4. The molecule has 2 aromatic rings. The Morgan fingerprint density at radius 2 is 1.74 bits per heavy atom. The van der Waals surface area contributed by atoms with E-state index in [1.54, 1.807) is 32.2 Å². The number of anilines is 2. The Morgan fingerprint density at radius 1 is 1.10 bits per heavy atom. The summed E-state index contributed by atoms with van der Waals surface area (Å²) in [7, 11) is 1.63. The predicted molar refractivity (Wildman–Crippen MR) is 107 cm³/mol. The van der Waals surface area contributed by atoms with Gasteiger partial charge in [0.05, 0.1) is 17.6 Å². The van der Waals surface area contributed by atoms with Crippen LogP contribution in [-0.4, -0.2) is 38.2 Å². The maximum Gasteiger partial charge on any atom is 0.417 e. The van der Waals surface area contributed by atoms with Crippen LogP contribution < -0.4 is 25.0 Å². The lowest BCUT2D eigenvalue weighted by Crippen LogP contribution is -3.14. The molecule has 31 heavy (non-hydrogen) atoms. The Labute approximate surface area is 181 Å². The number of amides is 2. The molecule has 0 aliphatic carbocycles. The van der Waals surface area contributed by atoms with E-state index in [0.29, 0.717) is 22.1 Å². The second-order valence-corrected chi connectivity index (χ2v) is 7.45. The number of alkyl halides is 3. The Kier molecular flexibility index (Phi) is 6.61. The first-order valence-corrected chi connectivity index (χ1v) is 9.62. The van der Waals surface area contributed by atoms with Crippen molar-refractivity contribution in [2.24, 2.45) is 0 Å². The molecule has 2 aromatic carbocycles. The van der Waals surface area contributed by atoms with Crippen LogP contribution in [0.1, 0.15) is 12.5 Å². The maximum absolute atomic E-state index is 13.0. The minimum atomic E-state index is -4.64. The fourth-order valence-electron chi connectivity index (χ4n) is 2.88. The van der Waals surface area contributed by atoms with Gasteiger partial charge in [-0.05, 0) is 37.3 Å². The third kappa shape index (κ3) is 5.59. The number of likely N-dealkylation sites (N-methyl/N-ethyl adjacent to an activating group) is 1. The van der Waals surface area contributed by atoms with Crippen molar-refractivity contribution < 1.29 is 37.1 Å². The van der Waals surface area contributed by atoms with E-state index in [0.717, 1.165) is 12.1 Å². The fourth-order valence-corrected chi connectivity index (χ4v) is 3.11. The molecule has 0 aromatic heterocycles. The average molecular weight is 459 g/mol. The lowest BCUT2D eigenvalue weighted by Gasteiger charge is -2.21. The third-order valence-corrected chi connectivity index (χ3v) is 5.10. The van der Waals surface area contributed by atoms with Crippen molar-refractivity contribution in [1.29, 1.82) is 0 Å². The predicted octanol–water partition coefficient (Wildman–Crippen LogP) is 2.57. The summed E-state index contributed by atoms with van der Waals surface area (Å²) in [5.74, 6) is 0.221. The van der Waals surface area contributed by atoms with Gasteiger partial charge in [-0.1, -0.05) is 11.6 Å². The van der Waals surface area contributed by atoms with E-state index >= 15 is 0 Å². The summed E-state index contributed by atoms with van der Waals surface area (Å²) in [6, 6.07) is 7.47. The SMILES string of the molecule is C[C@@H](C(=O)Nc1ccc2c(c1)OCO2)[NH+](C)CC(=O)Nc1ccc(Cl)c(C(F)(F)F)c1. The van der Waals surface area contributed by atoms with Crippen LogP contribution in [0.3, 0.4) is 0 Å². The molecule has 2 atom stereocenters. The monoisotopic (exact) mass is 458 g/mol. The van der Waals surface area contributed by atoms with Crippen molar-refractivity contribution in [2.75, 3.05) is 31.0 Å². The summed E-state index contributed by atoms with van der Waals surface area (Å²) < 4.78 is 49.4. The largest absolute Gasteiger partial charge is 0.454 e. The van der Waals surface area contributed by atoms with E-state index < -0.39 is 28.7 Å². The van der Waals surface area contributed by atoms with Gasteiger partial charge in [-0.25, -0.2) is 0 Å². The summed E-state index contributed by atoms with van der Waals surface area (Å²) in [6.45, 7) is 1.61. The van der Waals surface area contributed by atoms with Gasteiger partial charge in [0.15, 0.2) is 24.1 Å². The van der Waals surface area contributed by atoms with Crippen molar-refractivity contribution in [3.8, 4) is 11.5 Å². The van der Waals surface area contributed by atoms with E-state index in [4.69, 9.17) is 21.1 Å². The van der Waals surface area contributed by atoms with Crippen LogP contribution in [-0.2, 0) is 15.8 Å². The van der Waals surface area contributed by atoms with Crippen LogP contribution in [0.2, 0.25) is 5.02 Å². The molecule has 0 fully saturated rings. The highest BCUT2D eigenvalue weighted by atomic mass is 35.5. The van der Waals surface area contributed by atoms with E-state index in [1.165, 1.54) is 6.07 Å². The van der Waals surface area contributed by atoms with Crippen molar-refractivity contribution >= 4 is 34.8 Å². The molecule has 166 valence electrons. The number of carbonyl (C=O) groups excluding carboxylic acids is 2. The van der Waals surface area contributed by atoms with Crippen molar-refractivity contribution in [3.63, 3.8) is 0 Å². The van der Waals surface area contributed by atoms with Gasteiger partial charge >= 0.3 is 6.18 Å². The molecule has 0 saturated heterocycles. The number of benzene rings is 2. The van der Waals surface area contributed by atoms with Gasteiger partial charge in [-0.3, -0.25) is 9.59 Å². The quantitative estimate of drug-likeness (QED) is 0.621. The number of quaternary nitrogens is 1. The highest BCUT2D eigenvalue weighted by molar-refractivity contribution is 6.31. The lowest BCUT2D eigenvalue weighted by molar-refractivity contribution is -0.885. The van der Waals surface area contributed by atoms with Gasteiger partial charge in [0.2, 0.25) is 6.79 Å². The zero-order chi connectivity index (χ0) is 22.8. The number of carbonyl (C=O) groups is 2. The van der Waals surface area contributed by atoms with Crippen LogP contribution >= 0.6 is 11.6 Å². The maximum atomic E-state index is 13.0. The Bertz CT molecular complexity index is 1000. The zero-order valence-corrected chi connectivity index (χ0v) is 17.4. The van der Waals surface area contributed by atoms with E-state index in [2.05, 4.69) is 10.6 Å². The average Bonchev–Trinajstić information content (AvgIpc) is 3.15. The number of rotatable bonds is 6. The number of fused-ring (bicyclic) bond motifs is 1. The molecule has 0 bridgehead atoms. The Morgan fingerprint density at radius 3 is 2.45 bits per heavy atom. The Balaban J connectivity index is 1.57. The normalized spacial score (nSPS) is 14.6. The summed E-state index contributed by atoms with van der Waals surface area (Å²) in [4.78, 5) is 25.3. The molecule has 2 amide bonds. The van der Waals surface area contributed by atoms with Crippen molar-refractivity contribution in [1.82, 2.24) is 0 Å². The number of hydrogen-bond donors (Lipinski definition) is 3. The van der Waals surface area contributed by atoms with Crippen LogP contribution in [0.4, 0.5) is 24.5 Å². The summed E-state index contributed by atoms with van der Waals surface area (Å²) in [5.41, 5.74) is -0.560. The molecule has 1 unspecified atom stereocenters. The molecule has 7 nitrogen and oxygen atoms in total. The molecule has 3 rings (SSSR count). The van der Waals surface area contributed by atoms with E-state index in [-0.39, 0.29) is 24.9 Å². The minimum absolute atomic E-state index is 0.0352. The second-order valence-electron chi connectivity index (χ2n) is 7.04. The number of ether oxygens (including phenoxy) is 2. The molecule has 1 heterocycles. The van der Waals surface area contributed by atoms with E-state index in [9.17, 15) is 22.8 Å². The second kappa shape index (κ2) is 9.03. The summed E-state index contributed by atoms with van der Waals surface area (Å²) >= 11 is 5.58. The molecular weight excluding hydrogens is 439 g/mol. The third-order valence-electron chi connectivity index (χ3n) is 4.77. The Hall–Kier alpha value is -2.98. The smallest absolute Gasteiger partial charge is 0.417 e. The first kappa shape index (κ1) is 22.7. The number of nitrogens with one attached hydrogen (secondary N) is 3. The van der Waals surface area contributed by atoms with Crippen LogP contribution in [0.5, 0.6) is 11.5 Å². The first-order chi connectivity index (χ1) is 14.5. The van der Waals surface area contributed by atoms with Crippen LogP contribution in [0, 0.1) is 0 Å². The molecule has 11 heteroatoms. The van der Waals surface area contributed by atoms with Gasteiger partial charge in [-0.2, -0.15) is 13.2 Å². The molecule has 0 radical (unpaired) electrons. The topological polar surface area (TPSA) is 81.1 Å². The van der Waals surface area contributed by atoms with Crippen molar-refractivity contribution in [3.05, 3.63) is 47.0 Å². The highest BCUT2D eigenvalue weighted by Gasteiger charge is 2.33. The van der Waals surface area contributed by atoms with Crippen molar-refractivity contribution in [2.45, 2.75) is 19.1 Å². The highest BCUT2D eigenvalue weighted by Crippen LogP contribution is 2.36. The first-order valence-electron chi connectivity index (χ1n) is 9.24. The van der Waals surface area contributed by atoms with Gasteiger partial charge < -0.3 is 25.0 Å². The van der Waals surface area contributed by atoms with Gasteiger partial charge in [-0.15, -0.1) is 0 Å². The minimum Gasteiger partial charge on any atom is -0.454 e. The molecular formula is C20H20ClF3N3O4+. The summed E-state index contributed by atoms with van der Waals surface area (Å²) in [5, 5.41) is 4.69. The van der Waals surface area contributed by atoms with Gasteiger partial charge in [0.1, 0.15) is 0 Å². The van der Waals surface area contributed by atoms with Crippen LogP contribution in [0.25, 0.3) is 0 Å². The molecule has 3 N–H and O–H groups in total. The van der Waals surface area contributed by atoms with Gasteiger partial charge in [0, 0.05) is 17.4 Å². The van der Waals surface area contributed by atoms with Gasteiger partial charge in [0.25, 0.3) is 11.8 Å². The molecule has 1 aliphatic rings. The number of hydrogen-bond acceptors (Lipinski definition) is 4. The lowest BCUT2D eigenvalue weighted by atomic mass is 10.2. The van der Waals surface area contributed by atoms with Crippen LogP contribution in [0.15, 0.2) is 36.4 Å². The molecule has 1 aliphatic heterocycles. The molecule has 0 spiro atoms. The molecule has 0 saturated carbocycles. The fraction of sp³-hybridized carbons (Fsp3) is 0.300.